The van der Waals surface area contributed by atoms with Crippen LogP contribution in [0.3, 0.4) is 0 Å². The van der Waals surface area contributed by atoms with Crippen LogP contribution in [0, 0.1) is 3.57 Å². The minimum atomic E-state index is -0.501. The van der Waals surface area contributed by atoms with Crippen LogP contribution >= 0.6 is 46.0 Å². The summed E-state index contributed by atoms with van der Waals surface area (Å²) in [6.45, 7) is 2.36. The van der Waals surface area contributed by atoms with Crippen molar-refractivity contribution in [2.45, 2.75) is 6.92 Å². The average Bonchev–Trinajstić information content (AvgIpc) is 3.14. The number of ether oxygens (including phenoxy) is 3. The van der Waals surface area contributed by atoms with E-state index in [1.54, 1.807) is 60.7 Å². The summed E-state index contributed by atoms with van der Waals surface area (Å²) in [7, 11) is 0. The van der Waals surface area contributed by atoms with E-state index in [0.717, 1.165) is 20.2 Å². The van der Waals surface area contributed by atoms with Gasteiger partial charge in [-0.2, -0.15) is 0 Å². The zero-order valence-electron chi connectivity index (χ0n) is 19.6. The van der Waals surface area contributed by atoms with Crippen LogP contribution in [0.4, 0.5) is 4.79 Å². The van der Waals surface area contributed by atoms with Gasteiger partial charge in [-0.1, -0.05) is 41.9 Å². The molecule has 0 saturated carbocycles. The SMILES string of the molecule is CCOc1cc(/C=C2\SC(=O)N(CCOc3ccccc3Cl)C2=O)ccc1OC(=O)c1ccccc1I. The van der Waals surface area contributed by atoms with Gasteiger partial charge in [-0.25, -0.2) is 4.79 Å². The molecule has 0 N–H and O–H groups in total. The van der Waals surface area contributed by atoms with Crippen molar-refractivity contribution in [3.63, 3.8) is 0 Å². The number of thioether (sulfide) groups is 1. The molecule has 0 unspecified atom stereocenters. The molecule has 3 aromatic rings. The van der Waals surface area contributed by atoms with Gasteiger partial charge in [-0.3, -0.25) is 14.5 Å². The van der Waals surface area contributed by atoms with Crippen molar-refractivity contribution < 1.29 is 28.6 Å². The molecule has 3 aromatic carbocycles. The predicted molar refractivity (Wildman–Crippen MR) is 151 cm³/mol. The second kappa shape index (κ2) is 12.5. The van der Waals surface area contributed by atoms with Crippen molar-refractivity contribution >= 4 is 69.1 Å². The van der Waals surface area contributed by atoms with Crippen LogP contribution in [0.25, 0.3) is 6.08 Å². The van der Waals surface area contributed by atoms with Crippen molar-refractivity contribution in [1.29, 1.82) is 0 Å². The van der Waals surface area contributed by atoms with Crippen molar-refractivity contribution in [3.05, 3.63) is 91.4 Å². The number of benzene rings is 3. The third-order valence-corrected chi connectivity index (χ3v) is 7.30. The van der Waals surface area contributed by atoms with E-state index < -0.39 is 11.9 Å². The summed E-state index contributed by atoms with van der Waals surface area (Å²) in [4.78, 5) is 39.4. The van der Waals surface area contributed by atoms with Gasteiger partial charge in [0.25, 0.3) is 11.1 Å². The van der Waals surface area contributed by atoms with E-state index in [0.29, 0.717) is 34.3 Å². The lowest BCUT2D eigenvalue weighted by molar-refractivity contribution is -0.123. The molecule has 0 aromatic heterocycles. The number of halogens is 2. The first-order valence-electron chi connectivity index (χ1n) is 11.2. The molecule has 0 radical (unpaired) electrons. The lowest BCUT2D eigenvalue weighted by Gasteiger charge is -2.14. The summed E-state index contributed by atoms with van der Waals surface area (Å²) in [6.07, 6.45) is 1.61. The Morgan fingerprint density at radius 2 is 1.76 bits per heavy atom. The highest BCUT2D eigenvalue weighted by molar-refractivity contribution is 14.1. The van der Waals surface area contributed by atoms with Crippen LogP contribution in [0.1, 0.15) is 22.8 Å². The van der Waals surface area contributed by atoms with Gasteiger partial charge < -0.3 is 14.2 Å². The number of amides is 2. The third-order valence-electron chi connectivity index (χ3n) is 5.14. The Bertz CT molecular complexity index is 1380. The number of hydrogen-bond donors (Lipinski definition) is 0. The maximum Gasteiger partial charge on any atom is 0.344 e. The maximum absolute atomic E-state index is 12.9. The first kappa shape index (κ1) is 27.0. The third kappa shape index (κ3) is 6.65. The quantitative estimate of drug-likeness (QED) is 0.111. The molecule has 2 amide bonds. The van der Waals surface area contributed by atoms with Crippen molar-refractivity contribution in [3.8, 4) is 17.2 Å². The number of hydrogen-bond acceptors (Lipinski definition) is 7. The second-order valence-electron chi connectivity index (χ2n) is 7.62. The van der Waals surface area contributed by atoms with Crippen LogP contribution in [0.2, 0.25) is 5.02 Å². The molecule has 190 valence electrons. The molecule has 7 nitrogen and oxygen atoms in total. The van der Waals surface area contributed by atoms with Crippen molar-refractivity contribution in [2.24, 2.45) is 0 Å². The maximum atomic E-state index is 12.9. The van der Waals surface area contributed by atoms with Crippen LogP contribution in [-0.4, -0.2) is 41.8 Å². The summed E-state index contributed by atoms with van der Waals surface area (Å²) in [6, 6.07) is 19.1. The van der Waals surface area contributed by atoms with E-state index >= 15 is 0 Å². The first-order valence-corrected chi connectivity index (χ1v) is 13.5. The van der Waals surface area contributed by atoms with E-state index in [-0.39, 0.29) is 29.0 Å². The number of nitrogens with zero attached hydrogens (tertiary/aromatic N) is 1. The van der Waals surface area contributed by atoms with Gasteiger partial charge in [0.2, 0.25) is 0 Å². The highest BCUT2D eigenvalue weighted by atomic mass is 127. The Morgan fingerprint density at radius 3 is 2.51 bits per heavy atom. The van der Waals surface area contributed by atoms with Gasteiger partial charge in [-0.05, 0) is 89.3 Å². The highest BCUT2D eigenvalue weighted by Crippen LogP contribution is 2.35. The fourth-order valence-corrected chi connectivity index (χ4v) is 5.06. The standard InChI is InChI=1S/C27H21ClINO6S/c1-2-34-23-15-17(11-12-22(23)36-26(32)18-7-3-5-9-20(18)29)16-24-25(31)30(27(33)37-24)13-14-35-21-10-6-4-8-19(21)28/h3-12,15-16H,2,13-14H2,1H3/b24-16-. The number of rotatable bonds is 9. The van der Waals surface area contributed by atoms with Gasteiger partial charge in [0, 0.05) is 3.57 Å². The Balaban J connectivity index is 1.46. The van der Waals surface area contributed by atoms with E-state index in [1.807, 2.05) is 19.1 Å². The molecular weight excluding hydrogens is 629 g/mol. The van der Waals surface area contributed by atoms with Gasteiger partial charge in [0.1, 0.15) is 12.4 Å². The molecule has 1 saturated heterocycles. The molecule has 0 aliphatic carbocycles. The summed E-state index contributed by atoms with van der Waals surface area (Å²) >= 11 is 9.00. The summed E-state index contributed by atoms with van der Waals surface area (Å²) < 4.78 is 17.6. The fraction of sp³-hybridized carbons (Fsp3) is 0.148. The highest BCUT2D eigenvalue weighted by Gasteiger charge is 2.35. The minimum Gasteiger partial charge on any atom is -0.490 e. The van der Waals surface area contributed by atoms with E-state index in [9.17, 15) is 14.4 Å². The molecule has 1 fully saturated rings. The van der Waals surface area contributed by atoms with Gasteiger partial charge >= 0.3 is 5.97 Å². The normalized spacial score (nSPS) is 14.2. The number of para-hydroxylation sites is 1. The smallest absolute Gasteiger partial charge is 0.344 e. The Kier molecular flexibility index (Phi) is 9.12. The van der Waals surface area contributed by atoms with Gasteiger partial charge in [0.15, 0.2) is 11.5 Å². The van der Waals surface area contributed by atoms with E-state index in [2.05, 4.69) is 22.6 Å². The largest absolute Gasteiger partial charge is 0.490 e. The summed E-state index contributed by atoms with van der Waals surface area (Å²) in [5.41, 5.74) is 1.07. The van der Waals surface area contributed by atoms with E-state index in [4.69, 9.17) is 25.8 Å². The number of carbonyl (C=O) groups excluding carboxylic acids is 3. The average molecular weight is 650 g/mol. The zero-order valence-corrected chi connectivity index (χ0v) is 23.3. The van der Waals surface area contributed by atoms with Crippen LogP contribution < -0.4 is 14.2 Å². The number of esters is 1. The molecule has 0 bridgehead atoms. The minimum absolute atomic E-state index is 0.0879. The monoisotopic (exact) mass is 649 g/mol. The summed E-state index contributed by atoms with van der Waals surface area (Å²) in [5.74, 6) is 0.179. The first-order chi connectivity index (χ1) is 17.9. The molecule has 0 spiro atoms. The molecule has 1 heterocycles. The van der Waals surface area contributed by atoms with Crippen LogP contribution in [-0.2, 0) is 4.79 Å². The molecule has 0 atom stereocenters. The van der Waals surface area contributed by atoms with Gasteiger partial charge in [0.05, 0.1) is 28.6 Å². The lowest BCUT2D eigenvalue weighted by atomic mass is 10.1. The molecule has 37 heavy (non-hydrogen) atoms. The van der Waals surface area contributed by atoms with Crippen molar-refractivity contribution in [2.75, 3.05) is 19.8 Å². The fourth-order valence-electron chi connectivity index (χ4n) is 3.40. The predicted octanol–water partition coefficient (Wildman–Crippen LogP) is 6.68. The van der Waals surface area contributed by atoms with Crippen LogP contribution in [0.15, 0.2) is 71.6 Å². The Labute approximate surface area is 236 Å². The van der Waals surface area contributed by atoms with Crippen LogP contribution in [0.5, 0.6) is 17.2 Å². The molecule has 1 aliphatic rings. The topological polar surface area (TPSA) is 82.1 Å². The molecule has 4 rings (SSSR count). The molecule has 10 heteroatoms. The number of carbonyl (C=O) groups is 3. The van der Waals surface area contributed by atoms with E-state index in [1.165, 1.54) is 0 Å². The van der Waals surface area contributed by atoms with Crippen molar-refractivity contribution in [1.82, 2.24) is 4.90 Å². The lowest BCUT2D eigenvalue weighted by Crippen LogP contribution is -2.32. The number of imide groups is 1. The zero-order chi connectivity index (χ0) is 26.4. The molecular formula is C27H21ClINO6S. The van der Waals surface area contributed by atoms with Gasteiger partial charge in [-0.15, -0.1) is 0 Å². The Morgan fingerprint density at radius 1 is 1.00 bits per heavy atom. The summed E-state index contributed by atoms with van der Waals surface area (Å²) in [5, 5.41) is 0.0707. The molecule has 1 aliphatic heterocycles. The Hall–Kier alpha value is -3.02. The second-order valence-corrected chi connectivity index (χ2v) is 10.2.